The van der Waals surface area contributed by atoms with Crippen LogP contribution < -0.4 is 5.32 Å². The molecule has 5 nitrogen and oxygen atoms in total. The van der Waals surface area contributed by atoms with Gasteiger partial charge < -0.3 is 10.4 Å². The van der Waals surface area contributed by atoms with Crippen LogP contribution in [-0.2, 0) is 9.59 Å². The van der Waals surface area contributed by atoms with Gasteiger partial charge in [-0.05, 0) is 31.7 Å². The summed E-state index contributed by atoms with van der Waals surface area (Å²) in [5.74, 6) is -0.455. The lowest BCUT2D eigenvalue weighted by Crippen LogP contribution is -2.53. The van der Waals surface area contributed by atoms with Crippen molar-refractivity contribution in [3.63, 3.8) is 0 Å². The monoisotopic (exact) mass is 270 g/mol. The molecule has 1 atom stereocenters. The van der Waals surface area contributed by atoms with E-state index in [0.717, 1.165) is 12.8 Å². The lowest BCUT2D eigenvalue weighted by Gasteiger charge is -2.34. The molecule has 1 saturated heterocycles. The number of aliphatic carboxylic acids is 1. The summed E-state index contributed by atoms with van der Waals surface area (Å²) in [5, 5.41) is 12.4. The molecule has 0 saturated carbocycles. The molecule has 19 heavy (non-hydrogen) atoms. The summed E-state index contributed by atoms with van der Waals surface area (Å²) < 4.78 is 0. The summed E-state index contributed by atoms with van der Waals surface area (Å²) in [6.07, 6.45) is 2.92. The summed E-state index contributed by atoms with van der Waals surface area (Å²) in [6, 6.07) is 0. The van der Waals surface area contributed by atoms with E-state index in [1.165, 1.54) is 0 Å². The Morgan fingerprint density at radius 1 is 1.42 bits per heavy atom. The first-order chi connectivity index (χ1) is 8.92. The van der Waals surface area contributed by atoms with Crippen molar-refractivity contribution in [2.24, 2.45) is 5.92 Å². The van der Waals surface area contributed by atoms with E-state index < -0.39 is 11.5 Å². The van der Waals surface area contributed by atoms with Gasteiger partial charge in [0.15, 0.2) is 0 Å². The molecule has 1 heterocycles. The number of rotatable bonds is 7. The Bertz CT molecular complexity index is 331. The van der Waals surface area contributed by atoms with Crippen LogP contribution in [0.2, 0.25) is 0 Å². The molecule has 110 valence electrons. The van der Waals surface area contributed by atoms with E-state index in [2.05, 4.69) is 5.32 Å². The summed E-state index contributed by atoms with van der Waals surface area (Å²) in [4.78, 5) is 25.3. The van der Waals surface area contributed by atoms with Crippen LogP contribution in [-0.4, -0.2) is 47.1 Å². The molecule has 1 unspecified atom stereocenters. The molecule has 1 fully saturated rings. The van der Waals surface area contributed by atoms with Gasteiger partial charge in [-0.3, -0.25) is 14.5 Å². The van der Waals surface area contributed by atoms with E-state index in [1.54, 1.807) is 0 Å². The number of nitrogens with zero attached hydrogens (tertiary/aromatic N) is 1. The predicted octanol–water partition coefficient (Wildman–Crippen LogP) is 1.48. The number of amides is 1. The van der Waals surface area contributed by atoms with Crippen molar-refractivity contribution in [1.82, 2.24) is 10.2 Å². The lowest BCUT2D eigenvalue weighted by atomic mass is 9.90. The average molecular weight is 270 g/mol. The van der Waals surface area contributed by atoms with Crippen LogP contribution >= 0.6 is 0 Å². The first-order valence-corrected chi connectivity index (χ1v) is 7.17. The third kappa shape index (κ3) is 3.93. The van der Waals surface area contributed by atoms with Gasteiger partial charge in [0.2, 0.25) is 5.91 Å². The second kappa shape index (κ2) is 6.89. The van der Waals surface area contributed by atoms with Crippen molar-refractivity contribution in [1.29, 1.82) is 0 Å². The van der Waals surface area contributed by atoms with Gasteiger partial charge in [0.05, 0.1) is 6.54 Å². The molecular weight excluding hydrogens is 244 g/mol. The number of hydrogen-bond donors (Lipinski definition) is 2. The number of carbonyl (C=O) groups is 2. The van der Waals surface area contributed by atoms with Crippen LogP contribution in [0.3, 0.4) is 0 Å². The van der Waals surface area contributed by atoms with Crippen molar-refractivity contribution in [2.75, 3.05) is 19.6 Å². The van der Waals surface area contributed by atoms with Gasteiger partial charge in [-0.25, -0.2) is 0 Å². The maximum absolute atomic E-state index is 11.9. The minimum atomic E-state index is -0.829. The van der Waals surface area contributed by atoms with Crippen molar-refractivity contribution in [2.45, 2.75) is 52.0 Å². The van der Waals surface area contributed by atoms with Gasteiger partial charge >= 0.3 is 5.97 Å². The largest absolute Gasteiger partial charge is 0.480 e. The van der Waals surface area contributed by atoms with Crippen LogP contribution in [0, 0.1) is 5.92 Å². The Kier molecular flexibility index (Phi) is 5.79. The van der Waals surface area contributed by atoms with Gasteiger partial charge in [-0.2, -0.15) is 0 Å². The fourth-order valence-corrected chi connectivity index (χ4v) is 2.76. The molecule has 0 spiro atoms. The second-order valence-corrected chi connectivity index (χ2v) is 5.81. The lowest BCUT2D eigenvalue weighted by molar-refractivity contribution is -0.151. The Labute approximate surface area is 115 Å². The molecule has 0 aromatic heterocycles. The van der Waals surface area contributed by atoms with Gasteiger partial charge in [0.25, 0.3) is 0 Å². The Morgan fingerprint density at radius 3 is 2.63 bits per heavy atom. The molecule has 0 aromatic carbocycles. The van der Waals surface area contributed by atoms with Crippen LogP contribution in [0.4, 0.5) is 0 Å². The molecule has 1 amide bonds. The van der Waals surface area contributed by atoms with E-state index in [0.29, 0.717) is 31.8 Å². The molecule has 0 bridgehead atoms. The second-order valence-electron chi connectivity index (χ2n) is 5.81. The van der Waals surface area contributed by atoms with E-state index >= 15 is 0 Å². The topological polar surface area (TPSA) is 69.6 Å². The number of likely N-dealkylation sites (tertiary alicyclic amines) is 1. The normalized spacial score (nSPS) is 23.8. The number of carboxylic acid groups (broad SMARTS) is 1. The van der Waals surface area contributed by atoms with Gasteiger partial charge in [-0.1, -0.05) is 27.2 Å². The number of carboxylic acids is 1. The van der Waals surface area contributed by atoms with Crippen molar-refractivity contribution in [3.05, 3.63) is 0 Å². The predicted molar refractivity (Wildman–Crippen MR) is 73.9 cm³/mol. The van der Waals surface area contributed by atoms with Crippen molar-refractivity contribution >= 4 is 11.9 Å². The third-order valence-electron chi connectivity index (χ3n) is 3.73. The number of carbonyl (C=O) groups excluding carboxylic acids is 1. The summed E-state index contributed by atoms with van der Waals surface area (Å²) >= 11 is 0. The smallest absolute Gasteiger partial charge is 0.324 e. The Balaban J connectivity index is 2.64. The van der Waals surface area contributed by atoms with Crippen LogP contribution in [0.15, 0.2) is 0 Å². The number of nitrogens with one attached hydrogen (secondary N) is 1. The van der Waals surface area contributed by atoms with Crippen LogP contribution in [0.25, 0.3) is 0 Å². The summed E-state index contributed by atoms with van der Waals surface area (Å²) in [6.45, 7) is 7.59. The van der Waals surface area contributed by atoms with E-state index in [-0.39, 0.29) is 12.5 Å². The maximum Gasteiger partial charge on any atom is 0.324 e. The molecule has 0 radical (unpaired) electrons. The maximum atomic E-state index is 11.9. The van der Waals surface area contributed by atoms with Crippen molar-refractivity contribution in [3.8, 4) is 0 Å². The molecular formula is C14H26N2O3. The molecule has 2 N–H and O–H groups in total. The molecule has 0 aromatic rings. The van der Waals surface area contributed by atoms with Crippen LogP contribution in [0.5, 0.6) is 0 Å². The minimum absolute atomic E-state index is 0.0719. The molecule has 1 aliphatic heterocycles. The first-order valence-electron chi connectivity index (χ1n) is 7.17. The summed E-state index contributed by atoms with van der Waals surface area (Å²) in [7, 11) is 0. The fourth-order valence-electron chi connectivity index (χ4n) is 2.76. The molecule has 5 heteroatoms. The quantitative estimate of drug-likeness (QED) is 0.735. The zero-order chi connectivity index (χ0) is 14.5. The molecule has 0 aliphatic carbocycles. The third-order valence-corrected chi connectivity index (χ3v) is 3.73. The minimum Gasteiger partial charge on any atom is -0.480 e. The van der Waals surface area contributed by atoms with E-state index in [1.807, 2.05) is 25.7 Å². The standard InChI is InChI=1S/C14H26N2O3/c1-4-6-14(13(18)19)7-5-8-16(14)10-12(17)15-9-11(2)3/h11H,4-10H2,1-3H3,(H,15,17)(H,18,19). The Hall–Kier alpha value is -1.10. The van der Waals surface area contributed by atoms with Crippen LogP contribution in [0.1, 0.15) is 46.5 Å². The average Bonchev–Trinajstić information content (AvgIpc) is 2.71. The van der Waals surface area contributed by atoms with Gasteiger partial charge in [-0.15, -0.1) is 0 Å². The highest BCUT2D eigenvalue weighted by atomic mass is 16.4. The molecule has 1 rings (SSSR count). The van der Waals surface area contributed by atoms with E-state index in [9.17, 15) is 14.7 Å². The first kappa shape index (κ1) is 16.0. The molecule has 1 aliphatic rings. The SMILES string of the molecule is CCCC1(C(=O)O)CCCN1CC(=O)NCC(C)C. The highest BCUT2D eigenvalue weighted by molar-refractivity contribution is 5.82. The highest BCUT2D eigenvalue weighted by Gasteiger charge is 2.47. The fraction of sp³-hybridized carbons (Fsp3) is 0.857. The van der Waals surface area contributed by atoms with Crippen molar-refractivity contribution < 1.29 is 14.7 Å². The van der Waals surface area contributed by atoms with Gasteiger partial charge in [0.1, 0.15) is 5.54 Å². The Morgan fingerprint density at radius 2 is 2.11 bits per heavy atom. The zero-order valence-corrected chi connectivity index (χ0v) is 12.2. The van der Waals surface area contributed by atoms with Gasteiger partial charge in [0, 0.05) is 6.54 Å². The number of hydrogen-bond acceptors (Lipinski definition) is 3. The zero-order valence-electron chi connectivity index (χ0n) is 12.2. The summed E-state index contributed by atoms with van der Waals surface area (Å²) in [5.41, 5.74) is -0.829. The van der Waals surface area contributed by atoms with E-state index in [4.69, 9.17) is 0 Å². The highest BCUT2D eigenvalue weighted by Crippen LogP contribution is 2.33.